The van der Waals surface area contributed by atoms with Crippen LogP contribution in [0.15, 0.2) is 29.2 Å². The molecule has 1 heterocycles. The molecule has 1 aliphatic heterocycles. The Labute approximate surface area is 131 Å². The van der Waals surface area contributed by atoms with E-state index in [-0.39, 0.29) is 31.1 Å². The van der Waals surface area contributed by atoms with Gasteiger partial charge in [-0.05, 0) is 32.9 Å². The Kier molecular flexibility index (Phi) is 4.93. The molecule has 2 rings (SSSR count). The maximum Gasteiger partial charge on any atom is 0.296 e. The molecule has 0 bridgehead atoms. The minimum atomic E-state index is -3.82. The van der Waals surface area contributed by atoms with Gasteiger partial charge in [-0.25, -0.2) is 0 Å². The molecule has 6 nitrogen and oxygen atoms in total. The van der Waals surface area contributed by atoms with E-state index in [0.29, 0.717) is 0 Å². The van der Waals surface area contributed by atoms with Gasteiger partial charge in [0.25, 0.3) is 10.1 Å². The summed E-state index contributed by atoms with van der Waals surface area (Å²) in [5.41, 5.74) is -0.273. The summed E-state index contributed by atoms with van der Waals surface area (Å²) in [6.45, 7) is 5.40. The van der Waals surface area contributed by atoms with Crippen LogP contribution in [0.5, 0.6) is 0 Å². The molecule has 0 aromatic heterocycles. The van der Waals surface area contributed by atoms with Crippen molar-refractivity contribution in [2.75, 3.05) is 19.8 Å². The summed E-state index contributed by atoms with van der Waals surface area (Å²) >= 11 is 0. The van der Waals surface area contributed by atoms with Gasteiger partial charge in [0.05, 0.1) is 24.7 Å². The van der Waals surface area contributed by atoms with Crippen LogP contribution in [-0.4, -0.2) is 44.7 Å². The van der Waals surface area contributed by atoms with Crippen LogP contribution in [0.2, 0.25) is 0 Å². The van der Waals surface area contributed by atoms with Crippen molar-refractivity contribution >= 4 is 10.1 Å². The van der Waals surface area contributed by atoms with Gasteiger partial charge in [-0.3, -0.25) is 4.18 Å². The molecule has 1 aromatic carbocycles. The van der Waals surface area contributed by atoms with Gasteiger partial charge in [-0.15, -0.1) is 0 Å². The van der Waals surface area contributed by atoms with Crippen molar-refractivity contribution in [1.29, 1.82) is 0 Å². The summed E-state index contributed by atoms with van der Waals surface area (Å²) in [5, 5.41) is 10.3. The number of aliphatic hydroxyl groups is 1. The highest BCUT2D eigenvalue weighted by Gasteiger charge is 2.38. The van der Waals surface area contributed by atoms with Crippen LogP contribution in [0.4, 0.5) is 0 Å². The average molecular weight is 330 g/mol. The number of hydrogen-bond acceptors (Lipinski definition) is 6. The molecule has 22 heavy (non-hydrogen) atoms. The second kappa shape index (κ2) is 6.25. The van der Waals surface area contributed by atoms with Crippen LogP contribution in [-0.2, 0) is 23.8 Å². The van der Waals surface area contributed by atoms with Crippen LogP contribution in [0.25, 0.3) is 0 Å². The lowest BCUT2D eigenvalue weighted by atomic mass is 10.0. The first-order chi connectivity index (χ1) is 10.1. The Hall–Kier alpha value is -0.990. The lowest BCUT2D eigenvalue weighted by Gasteiger charge is -2.40. The Morgan fingerprint density at radius 3 is 2.27 bits per heavy atom. The van der Waals surface area contributed by atoms with Crippen LogP contribution >= 0.6 is 0 Å². The van der Waals surface area contributed by atoms with Crippen LogP contribution in [0.3, 0.4) is 0 Å². The fraction of sp³-hybridized carbons (Fsp3) is 0.600. The van der Waals surface area contributed by atoms with Crippen molar-refractivity contribution in [2.24, 2.45) is 0 Å². The maximum absolute atomic E-state index is 12.0. The molecule has 1 fully saturated rings. The van der Waals surface area contributed by atoms with Gasteiger partial charge in [0.2, 0.25) is 0 Å². The highest BCUT2D eigenvalue weighted by Crippen LogP contribution is 2.26. The second-order valence-corrected chi connectivity index (χ2v) is 7.66. The predicted octanol–water partition coefficient (Wildman–Crippen LogP) is 1.60. The Morgan fingerprint density at radius 1 is 1.18 bits per heavy atom. The summed E-state index contributed by atoms with van der Waals surface area (Å²) in [6.07, 6.45) is 0.105. The van der Waals surface area contributed by atoms with E-state index in [2.05, 4.69) is 0 Å². The SMILES string of the molecule is Cc1ccc(S(=O)(=O)OCCC2(O)COC(C)(C)OC2)cc1. The van der Waals surface area contributed by atoms with E-state index in [4.69, 9.17) is 13.7 Å². The van der Waals surface area contributed by atoms with Crippen molar-refractivity contribution in [3.63, 3.8) is 0 Å². The molecule has 0 atom stereocenters. The highest BCUT2D eigenvalue weighted by molar-refractivity contribution is 7.86. The molecule has 0 saturated carbocycles. The number of aryl methyl sites for hydroxylation is 1. The van der Waals surface area contributed by atoms with Gasteiger partial charge >= 0.3 is 0 Å². The van der Waals surface area contributed by atoms with Gasteiger partial charge in [0.15, 0.2) is 5.79 Å². The molecular weight excluding hydrogens is 308 g/mol. The summed E-state index contributed by atoms with van der Waals surface area (Å²) in [6, 6.07) is 6.40. The van der Waals surface area contributed by atoms with Crippen LogP contribution in [0.1, 0.15) is 25.8 Å². The molecule has 1 saturated heterocycles. The number of ether oxygens (including phenoxy) is 2. The van der Waals surface area contributed by atoms with Crippen molar-refractivity contribution in [2.45, 2.75) is 43.5 Å². The van der Waals surface area contributed by atoms with Gasteiger partial charge in [0, 0.05) is 6.42 Å². The van der Waals surface area contributed by atoms with E-state index in [9.17, 15) is 13.5 Å². The summed E-state index contributed by atoms with van der Waals surface area (Å²) in [4.78, 5) is 0.0994. The average Bonchev–Trinajstić information content (AvgIpc) is 2.43. The zero-order valence-electron chi connectivity index (χ0n) is 13.0. The van der Waals surface area contributed by atoms with Gasteiger partial charge in [0.1, 0.15) is 5.60 Å². The molecule has 0 spiro atoms. The third kappa shape index (κ3) is 4.50. The van der Waals surface area contributed by atoms with Crippen molar-refractivity contribution in [3.05, 3.63) is 29.8 Å². The fourth-order valence-corrected chi connectivity index (χ4v) is 2.87. The largest absolute Gasteiger partial charge is 0.385 e. The van der Waals surface area contributed by atoms with E-state index in [1.54, 1.807) is 26.0 Å². The first-order valence-corrected chi connectivity index (χ1v) is 8.49. The lowest BCUT2D eigenvalue weighted by Crippen LogP contribution is -2.51. The minimum Gasteiger partial charge on any atom is -0.385 e. The van der Waals surface area contributed by atoms with E-state index in [1.807, 2.05) is 6.92 Å². The summed E-state index contributed by atoms with van der Waals surface area (Å²) < 4.78 is 39.8. The number of hydrogen-bond donors (Lipinski definition) is 1. The van der Waals surface area contributed by atoms with E-state index in [0.717, 1.165) is 5.56 Å². The Morgan fingerprint density at radius 2 is 1.73 bits per heavy atom. The number of benzene rings is 1. The Balaban J connectivity index is 1.89. The standard InChI is InChI=1S/C15H22O6S/c1-12-4-6-13(7-5-12)22(17,18)21-9-8-15(16)10-19-14(2,3)20-11-15/h4-7,16H,8-11H2,1-3H3. The molecule has 0 aliphatic carbocycles. The monoisotopic (exact) mass is 330 g/mol. The van der Waals surface area contributed by atoms with Gasteiger partial charge in [-0.1, -0.05) is 17.7 Å². The molecule has 0 unspecified atom stereocenters. The number of rotatable bonds is 5. The molecule has 1 aliphatic rings. The van der Waals surface area contributed by atoms with Crippen molar-refractivity contribution < 1.29 is 27.2 Å². The topological polar surface area (TPSA) is 82.1 Å². The third-order valence-electron chi connectivity index (χ3n) is 3.49. The zero-order chi connectivity index (χ0) is 16.4. The van der Waals surface area contributed by atoms with Gasteiger partial charge in [-0.2, -0.15) is 8.42 Å². The Bertz CT molecular complexity index is 595. The predicted molar refractivity (Wildman–Crippen MR) is 79.9 cm³/mol. The first-order valence-electron chi connectivity index (χ1n) is 7.08. The van der Waals surface area contributed by atoms with E-state index >= 15 is 0 Å². The normalized spacial score (nSPS) is 20.7. The van der Waals surface area contributed by atoms with Crippen LogP contribution in [0, 0.1) is 6.92 Å². The third-order valence-corrected chi connectivity index (χ3v) is 4.82. The minimum absolute atomic E-state index is 0.0773. The molecule has 0 radical (unpaired) electrons. The maximum atomic E-state index is 12.0. The van der Waals surface area contributed by atoms with Crippen molar-refractivity contribution in [1.82, 2.24) is 0 Å². The fourth-order valence-electron chi connectivity index (χ4n) is 1.96. The summed E-state index contributed by atoms with van der Waals surface area (Å²) in [7, 11) is -3.82. The van der Waals surface area contributed by atoms with E-state index in [1.165, 1.54) is 12.1 Å². The second-order valence-electron chi connectivity index (χ2n) is 6.04. The smallest absolute Gasteiger partial charge is 0.296 e. The molecule has 7 heteroatoms. The molecule has 124 valence electrons. The molecular formula is C15H22O6S. The van der Waals surface area contributed by atoms with Gasteiger partial charge < -0.3 is 14.6 Å². The zero-order valence-corrected chi connectivity index (χ0v) is 13.9. The molecule has 1 N–H and O–H groups in total. The first kappa shape index (κ1) is 17.4. The molecule has 1 aromatic rings. The lowest BCUT2D eigenvalue weighted by molar-refractivity contribution is -0.302. The van der Waals surface area contributed by atoms with Crippen LogP contribution < -0.4 is 0 Å². The highest BCUT2D eigenvalue weighted by atomic mass is 32.2. The summed E-state index contributed by atoms with van der Waals surface area (Å²) in [5.74, 6) is -0.735. The van der Waals surface area contributed by atoms with E-state index < -0.39 is 21.5 Å². The quantitative estimate of drug-likeness (QED) is 0.826. The molecule has 0 amide bonds. The van der Waals surface area contributed by atoms with Crippen molar-refractivity contribution in [3.8, 4) is 0 Å².